The Morgan fingerprint density at radius 2 is 2.25 bits per heavy atom. The van der Waals surface area contributed by atoms with Crippen LogP contribution in [0.5, 0.6) is 0 Å². The second-order valence-electron chi connectivity index (χ2n) is 4.30. The van der Waals surface area contributed by atoms with E-state index in [0.29, 0.717) is 5.41 Å². The summed E-state index contributed by atoms with van der Waals surface area (Å²) in [5, 5.41) is 3.62. The van der Waals surface area contributed by atoms with Crippen molar-refractivity contribution in [3.63, 3.8) is 0 Å². The van der Waals surface area contributed by atoms with Crippen molar-refractivity contribution in [1.82, 2.24) is 10.2 Å². The van der Waals surface area contributed by atoms with E-state index in [9.17, 15) is 0 Å². The van der Waals surface area contributed by atoms with Gasteiger partial charge in [-0.15, -0.1) is 0 Å². The van der Waals surface area contributed by atoms with Crippen molar-refractivity contribution in [3.8, 4) is 0 Å². The van der Waals surface area contributed by atoms with Crippen molar-refractivity contribution in [3.05, 3.63) is 0 Å². The molecule has 12 heavy (non-hydrogen) atoms. The van der Waals surface area contributed by atoms with E-state index in [-0.39, 0.29) is 1.43 Å². The minimum atomic E-state index is 0. The van der Waals surface area contributed by atoms with Gasteiger partial charge in [0.05, 0.1) is 0 Å². The molecule has 2 nitrogen and oxygen atoms in total. The molecule has 2 rings (SSSR count). The van der Waals surface area contributed by atoms with Gasteiger partial charge in [0.25, 0.3) is 0 Å². The zero-order chi connectivity index (χ0) is 8.60. The summed E-state index contributed by atoms with van der Waals surface area (Å²) in [5.41, 5.74) is 0.700. The summed E-state index contributed by atoms with van der Waals surface area (Å²) >= 11 is 0. The van der Waals surface area contributed by atoms with Gasteiger partial charge >= 0.3 is 0 Å². The third kappa shape index (κ3) is 1.27. The fourth-order valence-corrected chi connectivity index (χ4v) is 2.51. The van der Waals surface area contributed by atoms with Gasteiger partial charge in [0.2, 0.25) is 0 Å². The summed E-state index contributed by atoms with van der Waals surface area (Å²) in [7, 11) is 0. The molecule has 2 heteroatoms. The standard InChI is InChI=1S/C10H20N2.H2/c1-3-11-9-7-12(4-2)8-10(9)5-6-10;/h9,11H,3-8H2,1-2H3;1H. The zero-order valence-electron chi connectivity index (χ0n) is 8.27. The monoisotopic (exact) mass is 170 g/mol. The Labute approximate surface area is 76.8 Å². The first-order valence-corrected chi connectivity index (χ1v) is 5.26. The van der Waals surface area contributed by atoms with Crippen LogP contribution in [0.3, 0.4) is 0 Å². The molecule has 0 aromatic rings. The largest absolute Gasteiger partial charge is 0.312 e. The Morgan fingerprint density at radius 3 is 2.75 bits per heavy atom. The molecule has 1 saturated carbocycles. The van der Waals surface area contributed by atoms with Gasteiger partial charge < -0.3 is 10.2 Å². The molecule has 1 saturated heterocycles. The topological polar surface area (TPSA) is 15.3 Å². The number of hydrogen-bond acceptors (Lipinski definition) is 2. The maximum atomic E-state index is 3.62. The molecule has 1 unspecified atom stereocenters. The molecule has 1 aliphatic carbocycles. The molecular weight excluding hydrogens is 148 g/mol. The zero-order valence-corrected chi connectivity index (χ0v) is 8.27. The molecule has 2 aliphatic rings. The summed E-state index contributed by atoms with van der Waals surface area (Å²) in [5.74, 6) is 0. The lowest BCUT2D eigenvalue weighted by Gasteiger charge is -2.17. The summed E-state index contributed by atoms with van der Waals surface area (Å²) in [6, 6.07) is 0.794. The van der Waals surface area contributed by atoms with Crippen LogP contribution in [0, 0.1) is 5.41 Å². The molecule has 1 heterocycles. The van der Waals surface area contributed by atoms with Gasteiger partial charge in [-0.1, -0.05) is 13.8 Å². The van der Waals surface area contributed by atoms with Gasteiger partial charge in [-0.3, -0.25) is 0 Å². The fourth-order valence-electron chi connectivity index (χ4n) is 2.51. The van der Waals surface area contributed by atoms with Crippen LogP contribution < -0.4 is 5.32 Å². The van der Waals surface area contributed by atoms with E-state index < -0.39 is 0 Å². The molecule has 1 aliphatic heterocycles. The normalized spacial score (nSPS) is 33.0. The van der Waals surface area contributed by atoms with Crippen LogP contribution >= 0.6 is 0 Å². The van der Waals surface area contributed by atoms with Crippen LogP contribution in [0.2, 0.25) is 0 Å². The third-order valence-corrected chi connectivity index (χ3v) is 3.51. The van der Waals surface area contributed by atoms with Crippen LogP contribution in [0.1, 0.15) is 28.1 Å². The van der Waals surface area contributed by atoms with E-state index in [1.54, 1.807) is 0 Å². The highest BCUT2D eigenvalue weighted by molar-refractivity contribution is 5.09. The lowest BCUT2D eigenvalue weighted by atomic mass is 10.0. The number of nitrogens with one attached hydrogen (secondary N) is 1. The molecule has 72 valence electrons. The van der Waals surface area contributed by atoms with Crippen LogP contribution in [0.25, 0.3) is 0 Å². The van der Waals surface area contributed by atoms with Gasteiger partial charge in [-0.25, -0.2) is 0 Å². The average Bonchev–Trinajstić information content (AvgIpc) is 2.74. The number of rotatable bonds is 3. The molecule has 1 atom stereocenters. The number of nitrogens with zero attached hydrogens (tertiary/aromatic N) is 1. The quantitative estimate of drug-likeness (QED) is 0.687. The Morgan fingerprint density at radius 1 is 1.50 bits per heavy atom. The molecule has 0 radical (unpaired) electrons. The molecule has 0 bridgehead atoms. The van der Waals surface area contributed by atoms with Gasteiger partial charge in [0.1, 0.15) is 0 Å². The van der Waals surface area contributed by atoms with Crippen LogP contribution in [-0.4, -0.2) is 37.1 Å². The molecular formula is C10H22N2. The summed E-state index contributed by atoms with van der Waals surface area (Å²) in [4.78, 5) is 2.58. The Hall–Kier alpha value is -0.0800. The number of hydrogen-bond donors (Lipinski definition) is 1. The van der Waals surface area contributed by atoms with E-state index in [2.05, 4.69) is 24.1 Å². The van der Waals surface area contributed by atoms with Crippen molar-refractivity contribution >= 4 is 0 Å². The van der Waals surface area contributed by atoms with E-state index >= 15 is 0 Å². The first kappa shape index (κ1) is 8.52. The van der Waals surface area contributed by atoms with Crippen molar-refractivity contribution < 1.29 is 1.43 Å². The van der Waals surface area contributed by atoms with E-state index in [4.69, 9.17) is 0 Å². The smallest absolute Gasteiger partial charge is 0.0263 e. The highest BCUT2D eigenvalue weighted by Gasteiger charge is 2.53. The SMILES string of the molecule is CCNC1CN(CC)CC12CC2.[HH]. The molecule has 0 aromatic heterocycles. The van der Waals surface area contributed by atoms with Gasteiger partial charge in [0.15, 0.2) is 0 Å². The maximum absolute atomic E-state index is 3.62. The lowest BCUT2D eigenvalue weighted by molar-refractivity contribution is 0.337. The van der Waals surface area contributed by atoms with E-state index in [1.165, 1.54) is 32.5 Å². The van der Waals surface area contributed by atoms with Crippen molar-refractivity contribution in [2.24, 2.45) is 5.41 Å². The highest BCUT2D eigenvalue weighted by atomic mass is 15.2. The van der Waals surface area contributed by atoms with Gasteiger partial charge in [0, 0.05) is 20.6 Å². The Kier molecular flexibility index (Phi) is 2.13. The average molecular weight is 170 g/mol. The second-order valence-corrected chi connectivity index (χ2v) is 4.30. The van der Waals surface area contributed by atoms with Crippen LogP contribution in [-0.2, 0) is 0 Å². The molecule has 0 amide bonds. The van der Waals surface area contributed by atoms with Gasteiger partial charge in [-0.2, -0.15) is 0 Å². The Balaban J connectivity index is 0.000000845. The van der Waals surface area contributed by atoms with E-state index in [1.807, 2.05) is 0 Å². The fraction of sp³-hybridized carbons (Fsp3) is 1.00. The van der Waals surface area contributed by atoms with Crippen LogP contribution in [0.4, 0.5) is 0 Å². The minimum absolute atomic E-state index is 0. The predicted octanol–water partition coefficient (Wildman–Crippen LogP) is 1.33. The predicted molar refractivity (Wildman–Crippen MR) is 53.4 cm³/mol. The minimum Gasteiger partial charge on any atom is -0.312 e. The second kappa shape index (κ2) is 3.00. The highest BCUT2D eigenvalue weighted by Crippen LogP contribution is 2.52. The summed E-state index contributed by atoms with van der Waals surface area (Å²) < 4.78 is 0. The third-order valence-electron chi connectivity index (χ3n) is 3.51. The number of likely N-dealkylation sites (N-methyl/N-ethyl adjacent to an activating group) is 2. The summed E-state index contributed by atoms with van der Waals surface area (Å²) in [6.07, 6.45) is 2.92. The molecule has 0 aromatic carbocycles. The molecule has 1 spiro atoms. The molecule has 2 fully saturated rings. The summed E-state index contributed by atoms with van der Waals surface area (Å²) in [6.45, 7) is 9.47. The first-order chi connectivity index (χ1) is 5.80. The van der Waals surface area contributed by atoms with Crippen molar-refractivity contribution in [1.29, 1.82) is 0 Å². The first-order valence-electron chi connectivity index (χ1n) is 5.26. The van der Waals surface area contributed by atoms with Crippen LogP contribution in [0.15, 0.2) is 0 Å². The van der Waals surface area contributed by atoms with Gasteiger partial charge in [-0.05, 0) is 31.3 Å². The lowest BCUT2D eigenvalue weighted by Crippen LogP contribution is -2.37. The van der Waals surface area contributed by atoms with E-state index in [0.717, 1.165) is 12.6 Å². The maximum Gasteiger partial charge on any atom is 0.0263 e. The number of likely N-dealkylation sites (tertiary alicyclic amines) is 1. The Bertz CT molecular complexity index is 168. The molecule has 1 N–H and O–H groups in total. The van der Waals surface area contributed by atoms with Crippen molar-refractivity contribution in [2.75, 3.05) is 26.2 Å². The van der Waals surface area contributed by atoms with Crippen molar-refractivity contribution in [2.45, 2.75) is 32.7 Å².